The first-order chi connectivity index (χ1) is 5.10. The molecule has 0 amide bonds. The highest BCUT2D eigenvalue weighted by atomic mass is 28.4. The maximum atomic E-state index is 5.90. The molecule has 0 N–H and O–H groups in total. The Morgan fingerprint density at radius 2 is 0.812 bits per heavy atom. The lowest BCUT2D eigenvalue weighted by Gasteiger charge is -2.28. The largest absolute Gasteiger partial charge is 0.439 e. The Balaban J connectivity index is -0.000000101. The fraction of sp³-hybridized carbons (Fsp3) is 1.00. The van der Waals surface area contributed by atoms with Crippen molar-refractivity contribution in [2.24, 2.45) is 0 Å². The summed E-state index contributed by atoms with van der Waals surface area (Å²) in [6.45, 7) is 15.4. The molecule has 0 radical (unpaired) electrons. The molecule has 16 heavy (non-hydrogen) atoms. The molecule has 0 atom stereocenters. The molecule has 2 nitrogen and oxygen atoms in total. The van der Waals surface area contributed by atoms with Crippen LogP contribution < -0.4 is 0 Å². The summed E-state index contributed by atoms with van der Waals surface area (Å²) >= 11 is 0. The van der Waals surface area contributed by atoms with Gasteiger partial charge >= 0.3 is 0 Å². The second-order valence-corrected chi connectivity index (χ2v) is 16.5. The Hall–Kier alpha value is 0.571. The van der Waals surface area contributed by atoms with E-state index in [0.29, 0.717) is 0 Å². The van der Waals surface area contributed by atoms with Gasteiger partial charge in [-0.25, -0.2) is 0 Å². The van der Waals surface area contributed by atoms with Gasteiger partial charge in [-0.1, -0.05) is 29.7 Å². The molecule has 0 saturated heterocycles. The second kappa shape index (κ2) is 10.7. The van der Waals surface area contributed by atoms with E-state index in [1.54, 1.807) is 0 Å². The van der Waals surface area contributed by atoms with Crippen LogP contribution in [0, 0.1) is 0 Å². The van der Waals surface area contributed by atoms with E-state index >= 15 is 0 Å². The fourth-order valence-electron chi connectivity index (χ4n) is 1.02. The van der Waals surface area contributed by atoms with Gasteiger partial charge in [-0.3, -0.25) is 0 Å². The van der Waals surface area contributed by atoms with E-state index in [1.807, 2.05) is 0 Å². The lowest BCUT2D eigenvalue weighted by molar-refractivity contribution is 0.428. The van der Waals surface area contributed by atoms with Crippen molar-refractivity contribution in [1.29, 1.82) is 0 Å². The van der Waals surface area contributed by atoms with Crippen molar-refractivity contribution in [3.05, 3.63) is 0 Å². The van der Waals surface area contributed by atoms with Crippen molar-refractivity contribution < 1.29 is 8.23 Å². The van der Waals surface area contributed by atoms with Crippen LogP contribution in [0.25, 0.3) is 0 Å². The molecule has 0 heterocycles. The van der Waals surface area contributed by atoms with E-state index in [9.17, 15) is 0 Å². The van der Waals surface area contributed by atoms with Gasteiger partial charge in [-0.05, 0) is 45.8 Å². The standard InChI is InChI=1S/C7H22O2Si3.4CH4/c1-10(8-11(2,3)4)9-12(5,6)7;;;;/h10H,1-7H3;4*1H4. The lowest BCUT2D eigenvalue weighted by Crippen LogP contribution is -2.41. The van der Waals surface area contributed by atoms with Crippen LogP contribution in [-0.2, 0) is 8.23 Å². The van der Waals surface area contributed by atoms with Crippen molar-refractivity contribution in [1.82, 2.24) is 0 Å². The zero-order chi connectivity index (χ0) is 9.99. The first kappa shape index (κ1) is 30.0. The SMILES string of the molecule is C.C.C.C.C[SiH](O[Si](C)(C)C)O[Si](C)(C)C. The molecule has 0 aromatic heterocycles. The summed E-state index contributed by atoms with van der Waals surface area (Å²) in [4.78, 5) is 0. The van der Waals surface area contributed by atoms with Crippen LogP contribution in [0.15, 0.2) is 0 Å². The Morgan fingerprint density at radius 1 is 0.625 bits per heavy atom. The van der Waals surface area contributed by atoms with Crippen LogP contribution in [0.2, 0.25) is 45.8 Å². The van der Waals surface area contributed by atoms with Crippen LogP contribution in [0.4, 0.5) is 0 Å². The van der Waals surface area contributed by atoms with E-state index in [-0.39, 0.29) is 29.7 Å². The molecule has 0 saturated carbocycles. The van der Waals surface area contributed by atoms with E-state index in [2.05, 4.69) is 45.8 Å². The summed E-state index contributed by atoms with van der Waals surface area (Å²) in [7, 11) is -4.05. The summed E-state index contributed by atoms with van der Waals surface area (Å²) in [5, 5.41) is 0. The first-order valence-electron chi connectivity index (χ1n) is 4.46. The van der Waals surface area contributed by atoms with Crippen LogP contribution in [-0.4, -0.2) is 25.9 Å². The smallest absolute Gasteiger partial charge is 0.297 e. The third kappa shape index (κ3) is 24.0. The summed E-state index contributed by atoms with van der Waals surface area (Å²) in [6.07, 6.45) is 0. The molecule has 0 spiro atoms. The van der Waals surface area contributed by atoms with Crippen molar-refractivity contribution in [2.75, 3.05) is 0 Å². The maximum Gasteiger partial charge on any atom is 0.297 e. The topological polar surface area (TPSA) is 18.5 Å². The molecule has 0 aromatic rings. The summed E-state index contributed by atoms with van der Waals surface area (Å²) in [6, 6.07) is 0. The minimum Gasteiger partial charge on any atom is -0.439 e. The summed E-state index contributed by atoms with van der Waals surface area (Å²) in [5.41, 5.74) is 0. The summed E-state index contributed by atoms with van der Waals surface area (Å²) < 4.78 is 11.8. The van der Waals surface area contributed by atoms with Crippen LogP contribution in [0.3, 0.4) is 0 Å². The van der Waals surface area contributed by atoms with Crippen molar-refractivity contribution >= 4 is 25.9 Å². The van der Waals surface area contributed by atoms with Gasteiger partial charge in [-0.2, -0.15) is 0 Å². The van der Waals surface area contributed by atoms with Gasteiger partial charge in [0.2, 0.25) is 0 Å². The van der Waals surface area contributed by atoms with Crippen LogP contribution in [0.1, 0.15) is 29.7 Å². The number of hydrogen-bond donors (Lipinski definition) is 0. The second-order valence-electron chi connectivity index (χ2n) is 5.03. The van der Waals surface area contributed by atoms with Gasteiger partial charge in [0, 0.05) is 0 Å². The molecule has 0 aliphatic rings. The molecule has 106 valence electrons. The van der Waals surface area contributed by atoms with Gasteiger partial charge in [-0.15, -0.1) is 0 Å². The molecule has 5 heteroatoms. The van der Waals surface area contributed by atoms with Gasteiger partial charge in [0.15, 0.2) is 16.6 Å². The molecule has 0 aliphatic carbocycles. The third-order valence-corrected chi connectivity index (χ3v) is 9.35. The quantitative estimate of drug-likeness (QED) is 0.671. The molecule has 0 aliphatic heterocycles. The van der Waals surface area contributed by atoms with E-state index in [0.717, 1.165) is 0 Å². The van der Waals surface area contributed by atoms with Crippen LogP contribution >= 0.6 is 0 Å². The van der Waals surface area contributed by atoms with E-state index in [4.69, 9.17) is 8.23 Å². The predicted octanol–water partition coefficient (Wildman–Crippen LogP) is 5.08. The number of rotatable bonds is 4. The lowest BCUT2D eigenvalue weighted by atomic mass is 11.8. The zero-order valence-corrected chi connectivity index (χ0v) is 12.5. The molecule has 0 bridgehead atoms. The Bertz CT molecular complexity index is 123. The Morgan fingerprint density at radius 3 is 0.938 bits per heavy atom. The third-order valence-electron chi connectivity index (χ3n) is 1.04. The predicted molar refractivity (Wildman–Crippen MR) is 88.8 cm³/mol. The van der Waals surface area contributed by atoms with Crippen LogP contribution in [0.5, 0.6) is 0 Å². The molecular weight excluding hydrogens is 248 g/mol. The van der Waals surface area contributed by atoms with E-state index < -0.39 is 25.9 Å². The van der Waals surface area contributed by atoms with Gasteiger partial charge in [0.1, 0.15) is 0 Å². The Labute approximate surface area is 110 Å². The van der Waals surface area contributed by atoms with Gasteiger partial charge in [0.05, 0.1) is 0 Å². The average Bonchev–Trinajstić information content (AvgIpc) is 1.49. The highest BCUT2D eigenvalue weighted by Gasteiger charge is 2.24. The zero-order valence-electron chi connectivity index (χ0n) is 9.39. The average molecular weight is 287 g/mol. The maximum absolute atomic E-state index is 5.90. The van der Waals surface area contributed by atoms with Gasteiger partial charge < -0.3 is 8.23 Å². The highest BCUT2D eigenvalue weighted by molar-refractivity contribution is 6.80. The minimum atomic E-state index is -1.36. The number of hydrogen-bond acceptors (Lipinski definition) is 2. The molecule has 0 rings (SSSR count). The van der Waals surface area contributed by atoms with Gasteiger partial charge in [0.25, 0.3) is 9.28 Å². The molecule has 0 fully saturated rings. The van der Waals surface area contributed by atoms with Crippen molar-refractivity contribution in [2.45, 2.75) is 75.5 Å². The minimum absolute atomic E-state index is 0. The van der Waals surface area contributed by atoms with Crippen molar-refractivity contribution in [3.63, 3.8) is 0 Å². The van der Waals surface area contributed by atoms with E-state index in [1.165, 1.54) is 0 Å². The van der Waals surface area contributed by atoms with Crippen molar-refractivity contribution in [3.8, 4) is 0 Å². The molecule has 0 aromatic carbocycles. The fourth-order valence-corrected chi connectivity index (χ4v) is 9.61. The summed E-state index contributed by atoms with van der Waals surface area (Å²) in [5.74, 6) is 0. The Kier molecular flexibility index (Phi) is 20.1. The normalized spacial score (nSPS) is 10.5. The molecule has 0 unspecified atom stereocenters. The first-order valence-corrected chi connectivity index (χ1v) is 13.4. The highest BCUT2D eigenvalue weighted by Crippen LogP contribution is 2.10. The molecular formula is C11H38O2Si3. The monoisotopic (exact) mass is 286 g/mol.